The lowest BCUT2D eigenvalue weighted by atomic mass is 9.86. The van der Waals surface area contributed by atoms with Crippen molar-refractivity contribution >= 4 is 11.9 Å². The number of carbonyl (C=O) groups excluding carboxylic acids is 2. The quantitative estimate of drug-likeness (QED) is 0.0347. The van der Waals surface area contributed by atoms with Crippen molar-refractivity contribution in [3.63, 3.8) is 0 Å². The maximum absolute atomic E-state index is 12.6. The van der Waals surface area contributed by atoms with Crippen LogP contribution in [-0.4, -0.2) is 58.3 Å². The Balaban J connectivity index is 1.10. The Morgan fingerprint density at radius 3 is 1.87 bits per heavy atom. The predicted octanol–water partition coefficient (Wildman–Crippen LogP) is 12.8. The van der Waals surface area contributed by atoms with E-state index in [9.17, 15) is 19.8 Å². The minimum absolute atomic E-state index is 0.0831. The molecule has 0 amide bonds. The number of aryl methyl sites for hydroxylation is 1. The molecule has 3 rings (SSSR count). The molecule has 344 valence electrons. The topological polar surface area (TPSA) is 132 Å². The average molecular weight is 843 g/mol. The molecule has 3 N–H and O–H groups in total. The van der Waals surface area contributed by atoms with Crippen molar-refractivity contribution in [3.8, 4) is 11.5 Å². The van der Waals surface area contributed by atoms with Crippen LogP contribution in [0.15, 0.2) is 29.7 Å². The molecule has 0 aromatic heterocycles. The van der Waals surface area contributed by atoms with E-state index in [1.807, 2.05) is 18.2 Å². The SMILES string of the molecule is CC(C)CCC[C@@H](C)CCC[C@@H](C)CCC[C@]1(C)CCc2cc(OC(=O)CCCCCCCCCCCCCCCCCCOC3=C(O)C(=O)O[C@@H]3C(O)CO)ccc2O1. The molecule has 60 heavy (non-hydrogen) atoms. The molecule has 1 aromatic rings. The number of unbranched alkanes of at least 4 members (excludes halogenated alkanes) is 15. The lowest BCUT2D eigenvalue weighted by molar-refractivity contribution is -0.148. The van der Waals surface area contributed by atoms with Gasteiger partial charge in [0.15, 0.2) is 11.9 Å². The molecule has 5 atom stereocenters. The highest BCUT2D eigenvalue weighted by molar-refractivity contribution is 5.89. The van der Waals surface area contributed by atoms with Crippen LogP contribution in [0.4, 0.5) is 0 Å². The fraction of sp³-hybridized carbons (Fsp3) is 0.804. The van der Waals surface area contributed by atoms with E-state index < -0.39 is 30.5 Å². The third-order valence-corrected chi connectivity index (χ3v) is 12.8. The van der Waals surface area contributed by atoms with Crippen LogP contribution >= 0.6 is 0 Å². The van der Waals surface area contributed by atoms with Gasteiger partial charge in [0.2, 0.25) is 5.76 Å². The second kappa shape index (κ2) is 29.5. The van der Waals surface area contributed by atoms with Gasteiger partial charge in [-0.05, 0) is 87.0 Å². The van der Waals surface area contributed by atoms with E-state index in [-0.39, 0.29) is 17.3 Å². The summed E-state index contributed by atoms with van der Waals surface area (Å²) in [6.45, 7) is 11.5. The van der Waals surface area contributed by atoms with Gasteiger partial charge in [-0.1, -0.05) is 163 Å². The minimum Gasteiger partial charge on any atom is -0.499 e. The normalized spacial score (nSPS) is 19.2. The Morgan fingerprint density at radius 2 is 1.30 bits per heavy atom. The summed E-state index contributed by atoms with van der Waals surface area (Å²) >= 11 is 0. The Labute approximate surface area is 364 Å². The van der Waals surface area contributed by atoms with Gasteiger partial charge in [-0.3, -0.25) is 4.79 Å². The fourth-order valence-electron chi connectivity index (χ4n) is 8.78. The summed E-state index contributed by atoms with van der Waals surface area (Å²) in [5.74, 6) is 2.27. The number of fused-ring (bicyclic) bond motifs is 1. The molecular weight excluding hydrogens is 757 g/mol. The maximum Gasteiger partial charge on any atom is 0.378 e. The van der Waals surface area contributed by atoms with E-state index in [0.29, 0.717) is 18.8 Å². The number of carbonyl (C=O) groups is 2. The van der Waals surface area contributed by atoms with Gasteiger partial charge in [-0.25, -0.2) is 4.79 Å². The zero-order chi connectivity index (χ0) is 43.6. The number of rotatable bonds is 35. The molecule has 9 heteroatoms. The van der Waals surface area contributed by atoms with Crippen molar-refractivity contribution in [2.75, 3.05) is 13.2 Å². The van der Waals surface area contributed by atoms with Gasteiger partial charge in [-0.15, -0.1) is 0 Å². The summed E-state index contributed by atoms with van der Waals surface area (Å²) in [4.78, 5) is 24.1. The molecule has 0 bridgehead atoms. The molecule has 0 spiro atoms. The number of ether oxygens (including phenoxy) is 4. The lowest BCUT2D eigenvalue weighted by Gasteiger charge is -2.36. The van der Waals surface area contributed by atoms with Crippen molar-refractivity contribution < 1.29 is 43.9 Å². The lowest BCUT2D eigenvalue weighted by Crippen LogP contribution is -2.36. The third-order valence-electron chi connectivity index (χ3n) is 12.8. The van der Waals surface area contributed by atoms with Crippen LogP contribution in [0.25, 0.3) is 0 Å². The van der Waals surface area contributed by atoms with Gasteiger partial charge in [0, 0.05) is 6.42 Å². The Morgan fingerprint density at radius 1 is 0.767 bits per heavy atom. The summed E-state index contributed by atoms with van der Waals surface area (Å²) in [5, 5.41) is 28.7. The highest BCUT2D eigenvalue weighted by atomic mass is 16.6. The van der Waals surface area contributed by atoms with Gasteiger partial charge in [0.1, 0.15) is 23.2 Å². The van der Waals surface area contributed by atoms with E-state index in [4.69, 9.17) is 24.1 Å². The molecule has 1 aromatic carbocycles. The molecule has 9 nitrogen and oxygen atoms in total. The van der Waals surface area contributed by atoms with E-state index in [0.717, 1.165) is 80.4 Å². The number of cyclic esters (lactones) is 1. The molecule has 1 unspecified atom stereocenters. The number of aliphatic hydroxyl groups excluding tert-OH is 3. The number of aliphatic hydroxyl groups is 3. The Hall–Kier alpha value is -2.78. The molecule has 0 saturated carbocycles. The summed E-state index contributed by atoms with van der Waals surface area (Å²) in [6.07, 6.45) is 30.4. The first-order valence-electron chi connectivity index (χ1n) is 24.5. The van der Waals surface area contributed by atoms with E-state index >= 15 is 0 Å². The van der Waals surface area contributed by atoms with Crippen molar-refractivity contribution in [3.05, 3.63) is 35.3 Å². The van der Waals surface area contributed by atoms with Gasteiger partial charge >= 0.3 is 11.9 Å². The smallest absolute Gasteiger partial charge is 0.378 e. The number of hydrogen-bond donors (Lipinski definition) is 3. The van der Waals surface area contributed by atoms with Crippen LogP contribution in [0.3, 0.4) is 0 Å². The van der Waals surface area contributed by atoms with Gasteiger partial charge in [0.25, 0.3) is 0 Å². The molecule has 0 saturated heterocycles. The summed E-state index contributed by atoms with van der Waals surface area (Å²) in [6, 6.07) is 5.91. The molecule has 2 heterocycles. The summed E-state index contributed by atoms with van der Waals surface area (Å²) < 4.78 is 22.7. The minimum atomic E-state index is -1.32. The molecular formula is C51H86O9. The Kier molecular flexibility index (Phi) is 25.4. The van der Waals surface area contributed by atoms with Crippen LogP contribution in [-0.2, 0) is 25.5 Å². The predicted molar refractivity (Wildman–Crippen MR) is 241 cm³/mol. The van der Waals surface area contributed by atoms with Crippen molar-refractivity contribution in [1.82, 2.24) is 0 Å². The molecule has 0 radical (unpaired) electrons. The van der Waals surface area contributed by atoms with Crippen LogP contribution in [0.5, 0.6) is 11.5 Å². The van der Waals surface area contributed by atoms with Crippen LogP contribution in [0, 0.1) is 17.8 Å². The maximum atomic E-state index is 12.6. The third kappa shape index (κ3) is 20.9. The van der Waals surface area contributed by atoms with Crippen LogP contribution in [0.2, 0.25) is 0 Å². The van der Waals surface area contributed by atoms with Gasteiger partial charge in [-0.2, -0.15) is 0 Å². The monoisotopic (exact) mass is 843 g/mol. The first-order valence-corrected chi connectivity index (χ1v) is 24.5. The second-order valence-electron chi connectivity index (χ2n) is 19.2. The van der Waals surface area contributed by atoms with Crippen molar-refractivity contribution in [2.45, 2.75) is 232 Å². The largest absolute Gasteiger partial charge is 0.499 e. The molecule has 0 aliphatic carbocycles. The van der Waals surface area contributed by atoms with Gasteiger partial charge in [0.05, 0.1) is 13.2 Å². The van der Waals surface area contributed by atoms with Gasteiger partial charge < -0.3 is 34.3 Å². The number of hydrogen-bond acceptors (Lipinski definition) is 9. The van der Waals surface area contributed by atoms with Crippen molar-refractivity contribution in [1.29, 1.82) is 0 Å². The highest BCUT2D eigenvalue weighted by Gasteiger charge is 2.40. The van der Waals surface area contributed by atoms with Crippen molar-refractivity contribution in [2.24, 2.45) is 17.8 Å². The number of esters is 2. The van der Waals surface area contributed by atoms with Crippen LogP contribution < -0.4 is 9.47 Å². The zero-order valence-electron chi connectivity index (χ0n) is 38.6. The average Bonchev–Trinajstić information content (AvgIpc) is 3.50. The standard InChI is InChI=1S/C51H86O9/c1-39(2)25-22-26-40(3)27-23-28-41(4)29-24-34-51(5)35-33-42-37-43(31-32-45(42)60-51)58-46(54)30-20-18-16-14-12-10-8-6-7-9-11-13-15-17-19-21-36-57-49-47(55)50(56)59-48(49)44(53)38-52/h31-32,37,39-41,44,48,52-53,55H,6-30,33-36,38H2,1-5H3/t40-,41-,44?,48-,51-/m1/s1. The highest BCUT2D eigenvalue weighted by Crippen LogP contribution is 2.38. The van der Waals surface area contributed by atoms with Crippen LogP contribution in [0.1, 0.15) is 214 Å². The number of benzene rings is 1. The summed E-state index contributed by atoms with van der Waals surface area (Å²) in [5.41, 5.74) is 1.03. The Bertz CT molecular complexity index is 1370. The van der Waals surface area contributed by atoms with E-state index in [1.54, 1.807) is 0 Å². The fourth-order valence-corrected chi connectivity index (χ4v) is 8.78. The van der Waals surface area contributed by atoms with E-state index in [1.165, 1.54) is 122 Å². The summed E-state index contributed by atoms with van der Waals surface area (Å²) in [7, 11) is 0. The molecule has 2 aliphatic heterocycles. The van der Waals surface area contributed by atoms with E-state index in [2.05, 4.69) is 34.6 Å². The first kappa shape index (κ1) is 51.6. The molecule has 0 fully saturated rings. The zero-order valence-corrected chi connectivity index (χ0v) is 38.6. The second-order valence-corrected chi connectivity index (χ2v) is 19.2. The first-order chi connectivity index (χ1) is 28.9. The molecule has 2 aliphatic rings.